The average Bonchev–Trinajstić information content (AvgIpc) is 2.26. The number of pyridine rings is 1. The molecule has 0 bridgehead atoms. The molecule has 1 aromatic rings. The fourth-order valence-electron chi connectivity index (χ4n) is 1.34. The molecule has 1 aromatic heterocycles. The fourth-order valence-corrected chi connectivity index (χ4v) is 1.34. The highest BCUT2D eigenvalue weighted by molar-refractivity contribution is 5.81. The molecule has 0 aliphatic carbocycles. The van der Waals surface area contributed by atoms with Crippen LogP contribution in [-0.2, 0) is 16.1 Å². The number of hydrogen-bond donors (Lipinski definition) is 1. The maximum Gasteiger partial charge on any atom is 0.326 e. The fraction of sp³-hybridized carbons (Fsp3) is 0.364. The van der Waals surface area contributed by atoms with Gasteiger partial charge in [-0.3, -0.25) is 9.78 Å². The van der Waals surface area contributed by atoms with Gasteiger partial charge in [-0.25, -0.2) is 4.79 Å². The Morgan fingerprint density at radius 1 is 1.56 bits per heavy atom. The molecular weight excluding hydrogens is 208 g/mol. The summed E-state index contributed by atoms with van der Waals surface area (Å²) in [5.41, 5.74) is 0.811. The van der Waals surface area contributed by atoms with Crippen molar-refractivity contribution >= 4 is 11.9 Å². The van der Waals surface area contributed by atoms with E-state index in [1.807, 2.05) is 0 Å². The van der Waals surface area contributed by atoms with E-state index in [0.717, 1.165) is 5.56 Å². The quantitative estimate of drug-likeness (QED) is 0.821. The summed E-state index contributed by atoms with van der Waals surface area (Å²) in [7, 11) is 0. The van der Waals surface area contributed by atoms with Gasteiger partial charge >= 0.3 is 5.97 Å². The molecule has 86 valence electrons. The summed E-state index contributed by atoms with van der Waals surface area (Å²) >= 11 is 0. The van der Waals surface area contributed by atoms with E-state index < -0.39 is 12.0 Å². The van der Waals surface area contributed by atoms with Crippen molar-refractivity contribution in [1.82, 2.24) is 9.88 Å². The zero-order chi connectivity index (χ0) is 12.1. The van der Waals surface area contributed by atoms with Gasteiger partial charge < -0.3 is 10.0 Å². The Kier molecular flexibility index (Phi) is 3.99. The van der Waals surface area contributed by atoms with Crippen LogP contribution in [-0.4, -0.2) is 32.9 Å². The van der Waals surface area contributed by atoms with Crippen molar-refractivity contribution in [3.63, 3.8) is 0 Å². The minimum Gasteiger partial charge on any atom is -0.480 e. The Hall–Kier alpha value is -1.91. The maximum absolute atomic E-state index is 11.3. The van der Waals surface area contributed by atoms with Gasteiger partial charge in [-0.2, -0.15) is 0 Å². The summed E-state index contributed by atoms with van der Waals surface area (Å²) in [5.74, 6) is -1.28. The van der Waals surface area contributed by atoms with Crippen LogP contribution in [0.3, 0.4) is 0 Å². The summed E-state index contributed by atoms with van der Waals surface area (Å²) in [6, 6.07) is 2.72. The number of rotatable bonds is 4. The molecule has 0 fully saturated rings. The topological polar surface area (TPSA) is 70.5 Å². The van der Waals surface area contributed by atoms with Crippen LogP contribution < -0.4 is 0 Å². The van der Waals surface area contributed by atoms with Crippen molar-refractivity contribution in [2.45, 2.75) is 26.4 Å². The van der Waals surface area contributed by atoms with Gasteiger partial charge in [0.2, 0.25) is 5.91 Å². The van der Waals surface area contributed by atoms with Gasteiger partial charge in [-0.15, -0.1) is 0 Å². The van der Waals surface area contributed by atoms with Gasteiger partial charge in [0.25, 0.3) is 0 Å². The Bertz CT molecular complexity index is 378. The van der Waals surface area contributed by atoms with Crippen molar-refractivity contribution in [2.75, 3.05) is 0 Å². The normalized spacial score (nSPS) is 11.9. The number of aliphatic carboxylic acids is 1. The molecule has 0 spiro atoms. The zero-order valence-electron chi connectivity index (χ0n) is 9.25. The van der Waals surface area contributed by atoms with E-state index in [1.165, 1.54) is 18.7 Å². The summed E-state index contributed by atoms with van der Waals surface area (Å²) in [6.07, 6.45) is 3.24. The van der Waals surface area contributed by atoms with Crippen LogP contribution in [0.4, 0.5) is 0 Å². The average molecular weight is 222 g/mol. The Balaban J connectivity index is 2.81. The van der Waals surface area contributed by atoms with Gasteiger partial charge in [0.1, 0.15) is 6.04 Å². The van der Waals surface area contributed by atoms with Crippen LogP contribution in [0.5, 0.6) is 0 Å². The highest BCUT2D eigenvalue weighted by atomic mass is 16.4. The monoisotopic (exact) mass is 222 g/mol. The van der Waals surface area contributed by atoms with E-state index >= 15 is 0 Å². The summed E-state index contributed by atoms with van der Waals surface area (Å²) in [4.78, 5) is 27.4. The first-order valence-corrected chi connectivity index (χ1v) is 4.91. The van der Waals surface area contributed by atoms with Crippen LogP contribution in [0.25, 0.3) is 0 Å². The lowest BCUT2D eigenvalue weighted by molar-refractivity contribution is -0.149. The van der Waals surface area contributed by atoms with E-state index in [0.29, 0.717) is 0 Å². The van der Waals surface area contributed by atoms with Gasteiger partial charge in [0, 0.05) is 25.9 Å². The smallest absolute Gasteiger partial charge is 0.326 e. The minimum atomic E-state index is -1.01. The second-order valence-corrected chi connectivity index (χ2v) is 3.52. The standard InChI is InChI=1S/C11H14N2O3/c1-8(11(15)16)13(9(2)14)7-10-4-3-5-12-6-10/h3-6,8H,7H2,1-2H3,(H,15,16). The molecule has 16 heavy (non-hydrogen) atoms. The Morgan fingerprint density at radius 3 is 2.69 bits per heavy atom. The van der Waals surface area contributed by atoms with Gasteiger partial charge in [-0.1, -0.05) is 6.07 Å². The first-order chi connectivity index (χ1) is 7.52. The molecule has 1 unspecified atom stereocenters. The van der Waals surface area contributed by atoms with Crippen LogP contribution in [0.15, 0.2) is 24.5 Å². The first-order valence-electron chi connectivity index (χ1n) is 4.91. The van der Waals surface area contributed by atoms with Crippen molar-refractivity contribution in [1.29, 1.82) is 0 Å². The molecule has 0 saturated heterocycles. The van der Waals surface area contributed by atoms with Crippen molar-refractivity contribution < 1.29 is 14.7 Å². The molecule has 1 amide bonds. The number of carboxylic acids is 1. The van der Waals surface area contributed by atoms with E-state index in [2.05, 4.69) is 4.98 Å². The number of carboxylic acid groups (broad SMARTS) is 1. The van der Waals surface area contributed by atoms with E-state index in [-0.39, 0.29) is 12.5 Å². The highest BCUT2D eigenvalue weighted by Gasteiger charge is 2.22. The van der Waals surface area contributed by atoms with Gasteiger partial charge in [0.05, 0.1) is 0 Å². The predicted molar refractivity (Wildman–Crippen MR) is 57.6 cm³/mol. The molecule has 0 saturated carbocycles. The second-order valence-electron chi connectivity index (χ2n) is 3.52. The van der Waals surface area contributed by atoms with Crippen molar-refractivity contribution in [3.8, 4) is 0 Å². The van der Waals surface area contributed by atoms with Crippen LogP contribution in [0.2, 0.25) is 0 Å². The third-order valence-corrected chi connectivity index (χ3v) is 2.31. The highest BCUT2D eigenvalue weighted by Crippen LogP contribution is 2.07. The number of nitrogens with zero attached hydrogens (tertiary/aromatic N) is 2. The lowest BCUT2D eigenvalue weighted by Gasteiger charge is -2.24. The van der Waals surface area contributed by atoms with Crippen molar-refractivity contribution in [3.05, 3.63) is 30.1 Å². The first kappa shape index (κ1) is 12.2. The lowest BCUT2D eigenvalue weighted by Crippen LogP contribution is -2.41. The number of amides is 1. The van der Waals surface area contributed by atoms with Crippen molar-refractivity contribution in [2.24, 2.45) is 0 Å². The third kappa shape index (κ3) is 3.05. The van der Waals surface area contributed by atoms with E-state index in [9.17, 15) is 9.59 Å². The maximum atomic E-state index is 11.3. The Labute approximate surface area is 93.7 Å². The lowest BCUT2D eigenvalue weighted by atomic mass is 10.2. The van der Waals surface area contributed by atoms with E-state index in [1.54, 1.807) is 24.5 Å². The molecule has 1 rings (SSSR count). The molecular formula is C11H14N2O3. The number of carbonyl (C=O) groups excluding carboxylic acids is 1. The molecule has 0 aliphatic rings. The van der Waals surface area contributed by atoms with Gasteiger partial charge in [0.15, 0.2) is 0 Å². The molecule has 1 atom stereocenters. The molecule has 5 nitrogen and oxygen atoms in total. The molecule has 0 aliphatic heterocycles. The van der Waals surface area contributed by atoms with E-state index in [4.69, 9.17) is 5.11 Å². The predicted octanol–water partition coefficient (Wildman–Crippen LogP) is 0.903. The van der Waals surface area contributed by atoms with Gasteiger partial charge in [-0.05, 0) is 18.6 Å². The minimum absolute atomic E-state index is 0.261. The Morgan fingerprint density at radius 2 is 2.25 bits per heavy atom. The molecule has 0 aromatic carbocycles. The number of hydrogen-bond acceptors (Lipinski definition) is 3. The summed E-state index contributed by atoms with van der Waals surface area (Å²) in [5, 5.41) is 8.87. The number of carbonyl (C=O) groups is 2. The summed E-state index contributed by atoms with van der Waals surface area (Å²) in [6.45, 7) is 3.10. The van der Waals surface area contributed by atoms with Crippen LogP contribution in [0, 0.1) is 0 Å². The van der Waals surface area contributed by atoms with Crippen LogP contribution >= 0.6 is 0 Å². The summed E-state index contributed by atoms with van der Waals surface area (Å²) < 4.78 is 0. The molecule has 5 heteroatoms. The molecule has 0 radical (unpaired) electrons. The molecule has 1 heterocycles. The SMILES string of the molecule is CC(=O)N(Cc1cccnc1)C(C)C(=O)O. The largest absolute Gasteiger partial charge is 0.480 e. The van der Waals surface area contributed by atoms with Crippen LogP contribution in [0.1, 0.15) is 19.4 Å². The zero-order valence-corrected chi connectivity index (χ0v) is 9.25. The number of aromatic nitrogens is 1. The molecule has 1 N–H and O–H groups in total. The second kappa shape index (κ2) is 5.25. The third-order valence-electron chi connectivity index (χ3n) is 2.31.